The van der Waals surface area contributed by atoms with E-state index < -0.39 is 5.97 Å². The number of hydrogen-bond donors (Lipinski definition) is 1. The molecule has 0 bridgehead atoms. The van der Waals surface area contributed by atoms with Gasteiger partial charge in [0.1, 0.15) is 6.07 Å². The molecular formula is C14H15NO4. The number of ether oxygens (including phenoxy) is 2. The molecule has 100 valence electrons. The van der Waals surface area contributed by atoms with Gasteiger partial charge in [-0.15, -0.1) is 0 Å². The minimum atomic E-state index is -0.828. The highest BCUT2D eigenvalue weighted by molar-refractivity contribution is 5.70. The molecule has 0 atom stereocenters. The van der Waals surface area contributed by atoms with Crippen LogP contribution in [0, 0.1) is 11.3 Å². The van der Waals surface area contributed by atoms with Crippen LogP contribution in [0.25, 0.3) is 0 Å². The van der Waals surface area contributed by atoms with Gasteiger partial charge in [0.25, 0.3) is 0 Å². The van der Waals surface area contributed by atoms with Crippen molar-refractivity contribution >= 4 is 5.97 Å². The Morgan fingerprint density at radius 3 is 2.53 bits per heavy atom. The van der Waals surface area contributed by atoms with Crippen LogP contribution in [-0.2, 0) is 10.2 Å². The van der Waals surface area contributed by atoms with Crippen molar-refractivity contribution in [2.45, 2.75) is 24.7 Å². The van der Waals surface area contributed by atoms with Gasteiger partial charge in [0, 0.05) is 5.41 Å². The molecular weight excluding hydrogens is 246 g/mol. The lowest BCUT2D eigenvalue weighted by Gasteiger charge is -2.17. The summed E-state index contributed by atoms with van der Waals surface area (Å²) in [5, 5.41) is 18.1. The number of nitrogens with zero attached hydrogens (tertiary/aromatic N) is 1. The summed E-state index contributed by atoms with van der Waals surface area (Å²) in [6, 6.07) is 5.54. The first-order valence-electron chi connectivity index (χ1n) is 5.94. The van der Waals surface area contributed by atoms with Crippen molar-refractivity contribution in [1.29, 1.82) is 5.26 Å². The van der Waals surface area contributed by atoms with Crippen LogP contribution in [0.15, 0.2) is 12.1 Å². The first kappa shape index (κ1) is 13.2. The van der Waals surface area contributed by atoms with Crippen LogP contribution in [-0.4, -0.2) is 25.3 Å². The van der Waals surface area contributed by atoms with Gasteiger partial charge < -0.3 is 14.6 Å². The van der Waals surface area contributed by atoms with Gasteiger partial charge in [0.05, 0.1) is 26.2 Å². The lowest BCUT2D eigenvalue weighted by atomic mass is 9.90. The van der Waals surface area contributed by atoms with Gasteiger partial charge in [-0.25, -0.2) is 0 Å². The molecule has 2 rings (SSSR count). The summed E-state index contributed by atoms with van der Waals surface area (Å²) in [6.07, 6.45) is 1.71. The Labute approximate surface area is 111 Å². The molecule has 0 unspecified atom stereocenters. The summed E-state index contributed by atoms with van der Waals surface area (Å²) in [7, 11) is 2.97. The SMILES string of the molecule is COc1cc(C2(CC(=O)O)CC2)cc(C#N)c1OC. The lowest BCUT2D eigenvalue weighted by Crippen LogP contribution is -2.13. The molecule has 19 heavy (non-hydrogen) atoms. The number of rotatable bonds is 5. The second kappa shape index (κ2) is 4.81. The summed E-state index contributed by atoms with van der Waals surface area (Å²) >= 11 is 0. The predicted molar refractivity (Wildman–Crippen MR) is 67.4 cm³/mol. The van der Waals surface area contributed by atoms with Gasteiger partial charge in [0.2, 0.25) is 0 Å². The van der Waals surface area contributed by atoms with Gasteiger partial charge in [-0.1, -0.05) is 0 Å². The number of carboxylic acid groups (broad SMARTS) is 1. The zero-order valence-electron chi connectivity index (χ0n) is 10.9. The van der Waals surface area contributed by atoms with E-state index in [0.29, 0.717) is 17.1 Å². The second-order valence-corrected chi connectivity index (χ2v) is 4.72. The maximum Gasteiger partial charge on any atom is 0.304 e. The fourth-order valence-corrected chi connectivity index (χ4v) is 2.36. The fourth-order valence-electron chi connectivity index (χ4n) is 2.36. The Morgan fingerprint density at radius 1 is 1.42 bits per heavy atom. The van der Waals surface area contributed by atoms with E-state index in [9.17, 15) is 4.79 Å². The molecule has 1 fully saturated rings. The Bertz CT molecular complexity index is 555. The molecule has 0 spiro atoms. The van der Waals surface area contributed by atoms with Crippen molar-refractivity contribution < 1.29 is 19.4 Å². The first-order valence-corrected chi connectivity index (χ1v) is 5.94. The molecule has 1 N–H and O–H groups in total. The van der Waals surface area contributed by atoms with Crippen molar-refractivity contribution in [1.82, 2.24) is 0 Å². The van der Waals surface area contributed by atoms with E-state index >= 15 is 0 Å². The van der Waals surface area contributed by atoms with Crippen LogP contribution in [0.3, 0.4) is 0 Å². The van der Waals surface area contributed by atoms with E-state index in [1.807, 2.05) is 0 Å². The average molecular weight is 261 g/mol. The molecule has 1 aliphatic rings. The predicted octanol–water partition coefficient (Wildman–Crippen LogP) is 2.08. The summed E-state index contributed by atoms with van der Waals surface area (Å²) in [4.78, 5) is 10.9. The highest BCUT2D eigenvalue weighted by Crippen LogP contribution is 2.53. The standard InChI is InChI=1S/C14H15NO4/c1-18-11-6-10(5-9(8-15)13(11)19-2)14(3-4-14)7-12(16)17/h5-6H,3-4,7H2,1-2H3,(H,16,17). The Hall–Kier alpha value is -2.22. The number of nitriles is 1. The Kier molecular flexibility index (Phi) is 3.34. The van der Waals surface area contributed by atoms with Crippen LogP contribution in [0.1, 0.15) is 30.4 Å². The van der Waals surface area contributed by atoms with Crippen molar-refractivity contribution in [3.8, 4) is 17.6 Å². The van der Waals surface area contributed by atoms with Gasteiger partial charge in [-0.2, -0.15) is 5.26 Å². The van der Waals surface area contributed by atoms with Gasteiger partial charge >= 0.3 is 5.97 Å². The molecule has 0 amide bonds. The van der Waals surface area contributed by atoms with Crippen LogP contribution in [0.4, 0.5) is 0 Å². The smallest absolute Gasteiger partial charge is 0.304 e. The first-order chi connectivity index (χ1) is 9.06. The summed E-state index contributed by atoms with van der Waals surface area (Å²) in [5.74, 6) is 0.0267. The van der Waals surface area contributed by atoms with Gasteiger partial charge in [-0.3, -0.25) is 4.79 Å². The molecule has 5 nitrogen and oxygen atoms in total. The van der Waals surface area contributed by atoms with E-state index in [-0.39, 0.29) is 11.8 Å². The minimum Gasteiger partial charge on any atom is -0.493 e. The number of benzene rings is 1. The normalized spacial score (nSPS) is 15.4. The fraction of sp³-hybridized carbons (Fsp3) is 0.429. The van der Waals surface area contributed by atoms with Crippen molar-refractivity contribution in [2.24, 2.45) is 0 Å². The van der Waals surface area contributed by atoms with Crippen LogP contribution in [0.2, 0.25) is 0 Å². The van der Waals surface area contributed by atoms with E-state index in [0.717, 1.165) is 18.4 Å². The molecule has 1 aromatic carbocycles. The molecule has 1 aliphatic carbocycles. The van der Waals surface area contributed by atoms with E-state index in [4.69, 9.17) is 19.8 Å². The van der Waals surface area contributed by atoms with Crippen molar-refractivity contribution in [3.63, 3.8) is 0 Å². The maximum atomic E-state index is 10.9. The van der Waals surface area contributed by atoms with Crippen LogP contribution in [0.5, 0.6) is 11.5 Å². The van der Waals surface area contributed by atoms with Gasteiger partial charge in [-0.05, 0) is 30.5 Å². The third-order valence-electron chi connectivity index (χ3n) is 3.55. The van der Waals surface area contributed by atoms with E-state index in [1.165, 1.54) is 14.2 Å². The zero-order chi connectivity index (χ0) is 14.0. The highest BCUT2D eigenvalue weighted by Gasteiger charge is 2.46. The average Bonchev–Trinajstić information content (AvgIpc) is 3.16. The molecule has 1 saturated carbocycles. The van der Waals surface area contributed by atoms with Crippen molar-refractivity contribution in [3.05, 3.63) is 23.3 Å². The molecule has 0 radical (unpaired) electrons. The van der Waals surface area contributed by atoms with Crippen LogP contribution < -0.4 is 9.47 Å². The molecule has 5 heteroatoms. The lowest BCUT2D eigenvalue weighted by molar-refractivity contribution is -0.137. The Balaban J connectivity index is 2.49. The van der Waals surface area contributed by atoms with Crippen LogP contribution >= 0.6 is 0 Å². The monoisotopic (exact) mass is 261 g/mol. The number of aliphatic carboxylic acids is 1. The zero-order valence-corrected chi connectivity index (χ0v) is 10.9. The highest BCUT2D eigenvalue weighted by atomic mass is 16.5. The van der Waals surface area contributed by atoms with E-state index in [2.05, 4.69) is 6.07 Å². The Morgan fingerprint density at radius 2 is 2.11 bits per heavy atom. The molecule has 0 aromatic heterocycles. The molecule has 0 heterocycles. The molecule has 0 aliphatic heterocycles. The van der Waals surface area contributed by atoms with Crippen molar-refractivity contribution in [2.75, 3.05) is 14.2 Å². The number of methoxy groups -OCH3 is 2. The third kappa shape index (κ3) is 2.34. The quantitative estimate of drug-likeness (QED) is 0.877. The van der Waals surface area contributed by atoms with E-state index in [1.54, 1.807) is 12.1 Å². The summed E-state index contributed by atoms with van der Waals surface area (Å²) < 4.78 is 10.4. The third-order valence-corrected chi connectivity index (χ3v) is 3.55. The number of hydrogen-bond acceptors (Lipinski definition) is 4. The summed E-state index contributed by atoms with van der Waals surface area (Å²) in [6.45, 7) is 0. The maximum absolute atomic E-state index is 10.9. The molecule has 1 aromatic rings. The largest absolute Gasteiger partial charge is 0.493 e. The number of carbonyl (C=O) groups is 1. The topological polar surface area (TPSA) is 79.5 Å². The number of carboxylic acids is 1. The molecule has 0 saturated heterocycles. The minimum absolute atomic E-state index is 0.0767. The second-order valence-electron chi connectivity index (χ2n) is 4.72. The summed E-state index contributed by atoms with van der Waals surface area (Å²) in [5.41, 5.74) is 0.856. The van der Waals surface area contributed by atoms with Gasteiger partial charge in [0.15, 0.2) is 11.5 Å².